The van der Waals surface area contributed by atoms with Crippen molar-refractivity contribution in [1.82, 2.24) is 24.8 Å². The molecule has 0 amide bonds. The summed E-state index contributed by atoms with van der Waals surface area (Å²) in [6, 6.07) is 10.5. The molecular formula is C23H23N7S. The van der Waals surface area contributed by atoms with E-state index in [2.05, 4.69) is 53.5 Å². The number of rotatable bonds is 4. The second-order valence-corrected chi connectivity index (χ2v) is 9.94. The van der Waals surface area contributed by atoms with Gasteiger partial charge in [-0.1, -0.05) is 32.1 Å². The second-order valence-electron chi connectivity index (χ2n) is 8.96. The molecule has 0 unspecified atom stereocenters. The summed E-state index contributed by atoms with van der Waals surface area (Å²) in [7, 11) is 0. The minimum Gasteiger partial charge on any atom is -0.382 e. The summed E-state index contributed by atoms with van der Waals surface area (Å²) in [5.41, 5.74) is 5.08. The van der Waals surface area contributed by atoms with Crippen molar-refractivity contribution >= 4 is 22.5 Å². The molecule has 1 aliphatic carbocycles. The summed E-state index contributed by atoms with van der Waals surface area (Å²) in [6.07, 6.45) is 7.06. The standard InChI is InChI=1S/C23H23N7S/c1-23(2,3)22-29-28-21(31-22)17-13-25-19(10-18(17)27-15-5-4-6-15)20-8-7-16-9-14(11-24)12-26-30(16)20/h7-10,12-13,15H,4-6H2,1-3H3,(H,25,27). The largest absolute Gasteiger partial charge is 0.382 e. The highest BCUT2D eigenvalue weighted by atomic mass is 32.1. The van der Waals surface area contributed by atoms with Crippen LogP contribution in [0.2, 0.25) is 0 Å². The molecule has 8 heteroatoms. The van der Waals surface area contributed by atoms with Crippen molar-refractivity contribution in [3.63, 3.8) is 0 Å². The van der Waals surface area contributed by atoms with Crippen LogP contribution in [0, 0.1) is 11.3 Å². The van der Waals surface area contributed by atoms with E-state index < -0.39 is 0 Å². The van der Waals surface area contributed by atoms with Crippen molar-refractivity contribution in [2.45, 2.75) is 51.5 Å². The molecule has 0 atom stereocenters. The van der Waals surface area contributed by atoms with Gasteiger partial charge in [0.15, 0.2) is 5.01 Å². The molecule has 4 heterocycles. The molecule has 4 aromatic rings. The molecule has 1 fully saturated rings. The predicted molar refractivity (Wildman–Crippen MR) is 122 cm³/mol. The SMILES string of the molecule is CC(C)(C)c1nnc(-c2cnc(-c3ccc4cc(C#N)cnn34)cc2NC2CCC2)s1. The Morgan fingerprint density at radius 1 is 1.16 bits per heavy atom. The summed E-state index contributed by atoms with van der Waals surface area (Å²) >= 11 is 1.62. The summed E-state index contributed by atoms with van der Waals surface area (Å²) in [5, 5.41) is 28.0. The topological polar surface area (TPSA) is 91.8 Å². The highest BCUT2D eigenvalue weighted by molar-refractivity contribution is 7.14. The summed E-state index contributed by atoms with van der Waals surface area (Å²) < 4.78 is 1.82. The van der Waals surface area contributed by atoms with E-state index in [1.807, 2.05) is 28.9 Å². The molecular weight excluding hydrogens is 406 g/mol. The van der Waals surface area contributed by atoms with Gasteiger partial charge in [-0.05, 0) is 43.5 Å². The van der Waals surface area contributed by atoms with Gasteiger partial charge in [0.2, 0.25) is 0 Å². The average Bonchev–Trinajstić information content (AvgIpc) is 3.37. The Bertz CT molecular complexity index is 1300. The maximum Gasteiger partial charge on any atom is 0.151 e. The number of aromatic nitrogens is 5. The van der Waals surface area contributed by atoms with Gasteiger partial charge in [-0.2, -0.15) is 10.4 Å². The molecule has 1 N–H and O–H groups in total. The molecule has 0 saturated heterocycles. The van der Waals surface area contributed by atoms with Crippen molar-refractivity contribution < 1.29 is 0 Å². The maximum absolute atomic E-state index is 9.13. The van der Waals surface area contributed by atoms with Crippen LogP contribution in [0.25, 0.3) is 27.5 Å². The molecule has 31 heavy (non-hydrogen) atoms. The Hall–Kier alpha value is -3.31. The number of hydrogen-bond acceptors (Lipinski definition) is 7. The third kappa shape index (κ3) is 3.66. The molecule has 0 radical (unpaired) electrons. The van der Waals surface area contributed by atoms with E-state index in [4.69, 9.17) is 10.2 Å². The third-order valence-corrected chi connectivity index (χ3v) is 6.94. The van der Waals surface area contributed by atoms with Crippen LogP contribution < -0.4 is 5.32 Å². The first-order valence-electron chi connectivity index (χ1n) is 10.4. The van der Waals surface area contributed by atoms with E-state index >= 15 is 0 Å². The molecule has 7 nitrogen and oxygen atoms in total. The zero-order valence-electron chi connectivity index (χ0n) is 17.8. The number of pyridine rings is 1. The Kier molecular flexibility index (Phi) is 4.71. The lowest BCUT2D eigenvalue weighted by Crippen LogP contribution is -2.27. The molecule has 0 spiro atoms. The molecule has 5 rings (SSSR count). The van der Waals surface area contributed by atoms with Gasteiger partial charge >= 0.3 is 0 Å². The van der Waals surface area contributed by atoms with Crippen molar-refractivity contribution in [2.75, 3.05) is 5.32 Å². The number of nitriles is 1. The monoisotopic (exact) mass is 429 g/mol. The van der Waals surface area contributed by atoms with E-state index in [0.717, 1.165) is 38.2 Å². The molecule has 1 aliphatic rings. The molecule has 156 valence electrons. The minimum absolute atomic E-state index is 0.0381. The van der Waals surface area contributed by atoms with Crippen molar-refractivity contribution in [2.24, 2.45) is 0 Å². The van der Waals surface area contributed by atoms with Crippen LogP contribution in [0.15, 0.2) is 36.7 Å². The molecule has 1 saturated carbocycles. The fraction of sp³-hybridized carbons (Fsp3) is 0.348. The van der Waals surface area contributed by atoms with Crippen LogP contribution in [-0.4, -0.2) is 30.8 Å². The first-order valence-corrected chi connectivity index (χ1v) is 11.2. The lowest BCUT2D eigenvalue weighted by molar-refractivity contribution is 0.445. The van der Waals surface area contributed by atoms with Gasteiger partial charge < -0.3 is 5.32 Å². The third-order valence-electron chi connectivity index (χ3n) is 5.56. The fourth-order valence-electron chi connectivity index (χ4n) is 3.55. The highest BCUT2D eigenvalue weighted by Gasteiger charge is 2.24. The number of anilines is 1. The number of nitrogens with zero attached hydrogens (tertiary/aromatic N) is 6. The first-order chi connectivity index (χ1) is 14.9. The predicted octanol–water partition coefficient (Wildman–Crippen LogP) is 5.05. The molecule has 0 aliphatic heterocycles. The fourth-order valence-corrected chi connectivity index (χ4v) is 4.47. The van der Waals surface area contributed by atoms with Gasteiger partial charge in [-0.3, -0.25) is 4.98 Å². The highest BCUT2D eigenvalue weighted by Crippen LogP contribution is 2.37. The van der Waals surface area contributed by atoms with Gasteiger partial charge in [0, 0.05) is 23.3 Å². The summed E-state index contributed by atoms with van der Waals surface area (Å²) in [6.45, 7) is 6.44. The zero-order valence-corrected chi connectivity index (χ0v) is 18.6. The van der Waals surface area contributed by atoms with Gasteiger partial charge in [0.25, 0.3) is 0 Å². The van der Waals surface area contributed by atoms with E-state index in [-0.39, 0.29) is 5.41 Å². The summed E-state index contributed by atoms with van der Waals surface area (Å²) in [5.74, 6) is 0. The van der Waals surface area contributed by atoms with Crippen molar-refractivity contribution in [3.8, 4) is 28.0 Å². The van der Waals surface area contributed by atoms with E-state index in [1.54, 1.807) is 17.5 Å². The Balaban J connectivity index is 1.58. The quantitative estimate of drug-likeness (QED) is 0.488. The van der Waals surface area contributed by atoms with Crippen LogP contribution >= 0.6 is 11.3 Å². The lowest BCUT2D eigenvalue weighted by Gasteiger charge is -2.28. The van der Waals surface area contributed by atoms with E-state index in [1.165, 1.54) is 19.3 Å². The van der Waals surface area contributed by atoms with Gasteiger partial charge in [-0.25, -0.2) is 4.52 Å². The normalized spacial score (nSPS) is 14.4. The van der Waals surface area contributed by atoms with Gasteiger partial charge in [-0.15, -0.1) is 10.2 Å². The zero-order chi connectivity index (χ0) is 21.6. The van der Waals surface area contributed by atoms with Crippen LogP contribution in [-0.2, 0) is 5.41 Å². The Morgan fingerprint density at radius 2 is 2.00 bits per heavy atom. The summed E-state index contributed by atoms with van der Waals surface area (Å²) in [4.78, 5) is 4.75. The average molecular weight is 430 g/mol. The number of hydrogen-bond donors (Lipinski definition) is 1. The Labute approximate surface area is 184 Å². The molecule has 0 aromatic carbocycles. The van der Waals surface area contributed by atoms with Gasteiger partial charge in [0.05, 0.1) is 34.2 Å². The van der Waals surface area contributed by atoms with Crippen LogP contribution in [0.5, 0.6) is 0 Å². The lowest BCUT2D eigenvalue weighted by atomic mass is 9.92. The number of fused-ring (bicyclic) bond motifs is 1. The minimum atomic E-state index is -0.0381. The van der Waals surface area contributed by atoms with Crippen LogP contribution in [0.3, 0.4) is 0 Å². The maximum atomic E-state index is 9.13. The van der Waals surface area contributed by atoms with Crippen molar-refractivity contribution in [3.05, 3.63) is 47.2 Å². The Morgan fingerprint density at radius 3 is 2.68 bits per heavy atom. The first kappa shape index (κ1) is 19.6. The van der Waals surface area contributed by atoms with Gasteiger partial charge in [0.1, 0.15) is 11.1 Å². The van der Waals surface area contributed by atoms with Crippen LogP contribution in [0.1, 0.15) is 50.6 Å². The van der Waals surface area contributed by atoms with E-state index in [9.17, 15) is 0 Å². The van der Waals surface area contributed by atoms with Crippen molar-refractivity contribution in [1.29, 1.82) is 5.26 Å². The smallest absolute Gasteiger partial charge is 0.151 e. The van der Waals surface area contributed by atoms with Crippen LogP contribution in [0.4, 0.5) is 5.69 Å². The molecule has 0 bridgehead atoms. The number of nitrogens with one attached hydrogen (secondary N) is 1. The van der Waals surface area contributed by atoms with E-state index in [0.29, 0.717) is 11.6 Å². The second kappa shape index (κ2) is 7.43. The molecule has 4 aromatic heterocycles.